The minimum Gasteiger partial charge on any atom is -0.302 e. The molecule has 3 heteroatoms. The van der Waals surface area contributed by atoms with Gasteiger partial charge in [-0.15, -0.1) is 0 Å². The summed E-state index contributed by atoms with van der Waals surface area (Å²) >= 11 is 0. The van der Waals surface area contributed by atoms with Gasteiger partial charge in [0, 0.05) is 19.0 Å². The Hall–Kier alpha value is -0.410. The maximum atomic E-state index is 11.6. The van der Waals surface area contributed by atoms with Crippen LogP contribution >= 0.6 is 0 Å². The number of hydrogen-bond acceptors (Lipinski definition) is 3. The summed E-state index contributed by atoms with van der Waals surface area (Å²) in [4.78, 5) is 16.1. The van der Waals surface area contributed by atoms with E-state index in [-0.39, 0.29) is 6.04 Å². The number of nitrogens with zero attached hydrogens (tertiary/aromatic N) is 2. The summed E-state index contributed by atoms with van der Waals surface area (Å²) in [5.41, 5.74) is 0. The molecule has 2 atom stereocenters. The fourth-order valence-corrected chi connectivity index (χ4v) is 2.24. The molecule has 1 aliphatic heterocycles. The Morgan fingerprint density at radius 3 is 2.73 bits per heavy atom. The molecule has 1 aliphatic rings. The zero-order valence-electron chi connectivity index (χ0n) is 10.5. The van der Waals surface area contributed by atoms with Crippen molar-refractivity contribution in [3.8, 4) is 0 Å². The van der Waals surface area contributed by atoms with E-state index < -0.39 is 0 Å². The predicted octanol–water partition coefficient (Wildman–Crippen LogP) is 1.38. The van der Waals surface area contributed by atoms with Crippen LogP contribution in [0.5, 0.6) is 0 Å². The van der Waals surface area contributed by atoms with E-state index in [1.54, 1.807) is 0 Å². The van der Waals surface area contributed by atoms with Crippen LogP contribution in [-0.2, 0) is 4.79 Å². The lowest BCUT2D eigenvalue weighted by molar-refractivity contribution is -0.123. The average Bonchev–Trinajstić information content (AvgIpc) is 2.62. The SMILES string of the molecule is CCC(=O)C(C)N(C)CC1CCCN1C. The number of carbonyl (C=O) groups excluding carboxylic acids is 1. The third-order valence-corrected chi connectivity index (χ3v) is 3.65. The fourth-order valence-electron chi connectivity index (χ4n) is 2.24. The number of rotatable bonds is 5. The second-order valence-electron chi connectivity index (χ2n) is 4.71. The van der Waals surface area contributed by atoms with E-state index in [1.807, 2.05) is 13.8 Å². The second kappa shape index (κ2) is 5.61. The largest absolute Gasteiger partial charge is 0.302 e. The van der Waals surface area contributed by atoms with Gasteiger partial charge in [-0.25, -0.2) is 0 Å². The Bertz CT molecular complexity index is 218. The molecule has 0 bridgehead atoms. The first-order valence-corrected chi connectivity index (χ1v) is 5.99. The van der Waals surface area contributed by atoms with E-state index >= 15 is 0 Å². The molecule has 0 aromatic heterocycles. The quantitative estimate of drug-likeness (QED) is 0.688. The molecule has 1 fully saturated rings. The average molecular weight is 212 g/mol. The zero-order valence-corrected chi connectivity index (χ0v) is 10.5. The van der Waals surface area contributed by atoms with Crippen LogP contribution in [0.4, 0.5) is 0 Å². The van der Waals surface area contributed by atoms with Gasteiger partial charge in [-0.2, -0.15) is 0 Å². The Morgan fingerprint density at radius 2 is 2.27 bits per heavy atom. The van der Waals surface area contributed by atoms with Crippen molar-refractivity contribution in [2.45, 2.75) is 45.2 Å². The monoisotopic (exact) mass is 212 g/mol. The van der Waals surface area contributed by atoms with Crippen LogP contribution in [0.1, 0.15) is 33.1 Å². The van der Waals surface area contributed by atoms with Crippen LogP contribution in [0.15, 0.2) is 0 Å². The van der Waals surface area contributed by atoms with Gasteiger partial charge in [-0.3, -0.25) is 9.69 Å². The van der Waals surface area contributed by atoms with Gasteiger partial charge in [-0.05, 0) is 40.4 Å². The fraction of sp³-hybridized carbons (Fsp3) is 0.917. The topological polar surface area (TPSA) is 23.6 Å². The molecular formula is C12H24N2O. The number of likely N-dealkylation sites (N-methyl/N-ethyl adjacent to an activating group) is 2. The van der Waals surface area contributed by atoms with Crippen molar-refractivity contribution in [2.24, 2.45) is 0 Å². The first kappa shape index (κ1) is 12.7. The minimum atomic E-state index is 0.0731. The van der Waals surface area contributed by atoms with Crippen molar-refractivity contribution < 1.29 is 4.79 Å². The Labute approximate surface area is 93.4 Å². The number of carbonyl (C=O) groups is 1. The maximum absolute atomic E-state index is 11.6. The molecule has 0 spiro atoms. The molecule has 1 saturated heterocycles. The van der Waals surface area contributed by atoms with Crippen LogP contribution in [0.3, 0.4) is 0 Å². The molecule has 3 nitrogen and oxygen atoms in total. The molecule has 0 radical (unpaired) electrons. The standard InChI is InChI=1S/C12H24N2O/c1-5-12(15)10(2)14(4)9-11-7-6-8-13(11)3/h10-11H,5-9H2,1-4H3. The highest BCUT2D eigenvalue weighted by atomic mass is 16.1. The van der Waals surface area contributed by atoms with Gasteiger partial charge in [0.25, 0.3) is 0 Å². The first-order valence-electron chi connectivity index (χ1n) is 5.99. The summed E-state index contributed by atoms with van der Waals surface area (Å²) in [5, 5.41) is 0. The molecule has 0 saturated carbocycles. The highest BCUT2D eigenvalue weighted by Gasteiger charge is 2.25. The molecule has 15 heavy (non-hydrogen) atoms. The van der Waals surface area contributed by atoms with E-state index in [1.165, 1.54) is 19.4 Å². The summed E-state index contributed by atoms with van der Waals surface area (Å²) in [7, 11) is 4.24. The van der Waals surface area contributed by atoms with Crippen LogP contribution in [-0.4, -0.2) is 54.9 Å². The summed E-state index contributed by atoms with van der Waals surface area (Å²) in [6, 6.07) is 0.714. The second-order valence-corrected chi connectivity index (χ2v) is 4.71. The first-order chi connectivity index (χ1) is 7.06. The molecule has 88 valence electrons. The molecular weight excluding hydrogens is 188 g/mol. The molecule has 1 rings (SSSR count). The van der Waals surface area contributed by atoms with Crippen LogP contribution in [0, 0.1) is 0 Å². The van der Waals surface area contributed by atoms with Crippen molar-refractivity contribution in [3.63, 3.8) is 0 Å². The summed E-state index contributed by atoms with van der Waals surface area (Å²) in [5.74, 6) is 0.346. The van der Waals surface area contributed by atoms with Gasteiger partial charge in [0.1, 0.15) is 5.78 Å². The summed E-state index contributed by atoms with van der Waals surface area (Å²) in [6.45, 7) is 6.17. The normalized spacial score (nSPS) is 24.7. The molecule has 1 heterocycles. The van der Waals surface area contributed by atoms with E-state index in [9.17, 15) is 4.79 Å². The van der Waals surface area contributed by atoms with E-state index in [2.05, 4.69) is 23.9 Å². The van der Waals surface area contributed by atoms with Crippen molar-refractivity contribution in [1.82, 2.24) is 9.80 Å². The summed E-state index contributed by atoms with van der Waals surface area (Å²) in [6.07, 6.45) is 3.21. The minimum absolute atomic E-state index is 0.0731. The highest BCUT2D eigenvalue weighted by molar-refractivity contribution is 5.83. The zero-order chi connectivity index (χ0) is 11.4. The molecule has 2 unspecified atom stereocenters. The van der Waals surface area contributed by atoms with Gasteiger partial charge >= 0.3 is 0 Å². The Kier molecular flexibility index (Phi) is 4.74. The molecule has 0 aromatic carbocycles. The lowest BCUT2D eigenvalue weighted by atomic mass is 10.1. The maximum Gasteiger partial charge on any atom is 0.149 e. The molecule has 0 aromatic rings. The number of ketones is 1. The van der Waals surface area contributed by atoms with Crippen LogP contribution in [0.2, 0.25) is 0 Å². The predicted molar refractivity (Wildman–Crippen MR) is 63.0 cm³/mol. The van der Waals surface area contributed by atoms with Gasteiger partial charge < -0.3 is 4.90 Å². The van der Waals surface area contributed by atoms with Crippen molar-refractivity contribution >= 4 is 5.78 Å². The van der Waals surface area contributed by atoms with Gasteiger partial charge in [0.15, 0.2) is 0 Å². The molecule has 0 N–H and O–H groups in total. The van der Waals surface area contributed by atoms with Gasteiger partial charge in [0.05, 0.1) is 6.04 Å². The highest BCUT2D eigenvalue weighted by Crippen LogP contribution is 2.16. The van der Waals surface area contributed by atoms with E-state index in [0.717, 1.165) is 6.54 Å². The summed E-state index contributed by atoms with van der Waals surface area (Å²) < 4.78 is 0. The molecule has 0 amide bonds. The van der Waals surface area contributed by atoms with Crippen LogP contribution in [0.25, 0.3) is 0 Å². The molecule has 0 aliphatic carbocycles. The lowest BCUT2D eigenvalue weighted by Gasteiger charge is -2.29. The Morgan fingerprint density at radius 1 is 1.60 bits per heavy atom. The third kappa shape index (κ3) is 3.28. The van der Waals surface area contributed by atoms with Crippen molar-refractivity contribution in [3.05, 3.63) is 0 Å². The van der Waals surface area contributed by atoms with E-state index in [4.69, 9.17) is 0 Å². The number of hydrogen-bond donors (Lipinski definition) is 0. The third-order valence-electron chi connectivity index (χ3n) is 3.65. The van der Waals surface area contributed by atoms with Crippen LogP contribution < -0.4 is 0 Å². The van der Waals surface area contributed by atoms with Crippen molar-refractivity contribution in [1.29, 1.82) is 0 Å². The number of Topliss-reactive ketones (excluding diaryl/α,β-unsaturated/α-hetero) is 1. The van der Waals surface area contributed by atoms with Gasteiger partial charge in [-0.1, -0.05) is 6.92 Å². The lowest BCUT2D eigenvalue weighted by Crippen LogP contribution is -2.43. The van der Waals surface area contributed by atoms with Gasteiger partial charge in [0.2, 0.25) is 0 Å². The van der Waals surface area contributed by atoms with Crippen molar-refractivity contribution in [2.75, 3.05) is 27.2 Å². The Balaban J connectivity index is 2.40. The van der Waals surface area contributed by atoms with E-state index in [0.29, 0.717) is 18.2 Å². The smallest absolute Gasteiger partial charge is 0.149 e. The number of likely N-dealkylation sites (tertiary alicyclic amines) is 1.